The van der Waals surface area contributed by atoms with Crippen LogP contribution in [-0.4, -0.2) is 24.5 Å². The third kappa shape index (κ3) is 4.58. The quantitative estimate of drug-likeness (QED) is 0.187. The first-order valence-electron chi connectivity index (χ1n) is 16.6. The number of pyridine rings is 1. The highest BCUT2D eigenvalue weighted by Crippen LogP contribution is 2.36. The number of benzene rings is 6. The van der Waals surface area contributed by atoms with Crippen LogP contribution in [0.3, 0.4) is 0 Å². The molecule has 0 fully saturated rings. The summed E-state index contributed by atoms with van der Waals surface area (Å²) in [5, 5.41) is 3.30. The molecule has 0 N–H and O–H groups in total. The fourth-order valence-electron chi connectivity index (χ4n) is 6.97. The molecule has 0 saturated carbocycles. The average Bonchev–Trinajstić information content (AvgIpc) is 3.74. The van der Waals surface area contributed by atoms with Crippen LogP contribution in [0.25, 0.3) is 94.9 Å². The van der Waals surface area contributed by atoms with Gasteiger partial charge in [0.2, 0.25) is 5.95 Å². The lowest BCUT2D eigenvalue weighted by Gasteiger charge is -2.12. The van der Waals surface area contributed by atoms with Gasteiger partial charge in [0.1, 0.15) is 11.1 Å². The zero-order valence-corrected chi connectivity index (χ0v) is 26.7. The van der Waals surface area contributed by atoms with Crippen LogP contribution >= 0.6 is 0 Å². The molecule has 10 rings (SSSR count). The predicted molar refractivity (Wildman–Crippen MR) is 201 cm³/mol. The van der Waals surface area contributed by atoms with Crippen molar-refractivity contribution >= 4 is 43.9 Å². The maximum absolute atomic E-state index is 6.29. The lowest BCUT2D eigenvalue weighted by Crippen LogP contribution is -2.06. The second kappa shape index (κ2) is 11.4. The number of aromatic nitrogens is 5. The van der Waals surface area contributed by atoms with Gasteiger partial charge in [0.15, 0.2) is 17.2 Å². The normalized spacial score (nSPS) is 11.6. The molecule has 6 heteroatoms. The Balaban J connectivity index is 1.15. The highest BCUT2D eigenvalue weighted by Gasteiger charge is 2.18. The zero-order chi connectivity index (χ0) is 33.0. The fourth-order valence-corrected chi connectivity index (χ4v) is 6.97. The Kier molecular flexibility index (Phi) is 6.39. The molecule has 6 nitrogen and oxygen atoms in total. The van der Waals surface area contributed by atoms with Crippen molar-refractivity contribution in [2.24, 2.45) is 0 Å². The van der Waals surface area contributed by atoms with E-state index >= 15 is 0 Å². The van der Waals surface area contributed by atoms with Crippen LogP contribution in [0.15, 0.2) is 168 Å². The van der Waals surface area contributed by atoms with Crippen LogP contribution < -0.4 is 0 Å². The first-order valence-corrected chi connectivity index (χ1v) is 16.6. The number of para-hydroxylation sites is 3. The summed E-state index contributed by atoms with van der Waals surface area (Å²) in [5.74, 6) is 1.76. The lowest BCUT2D eigenvalue weighted by atomic mass is 10.0. The summed E-state index contributed by atoms with van der Waals surface area (Å²) in [6.45, 7) is 0. The van der Waals surface area contributed by atoms with Crippen molar-refractivity contribution in [3.8, 4) is 51.0 Å². The Bertz CT molecular complexity index is 2820. The Hall–Kier alpha value is -6.92. The molecule has 0 aliphatic heterocycles. The number of nitrogens with zero attached hydrogens (tertiary/aromatic N) is 5. The van der Waals surface area contributed by atoms with Crippen molar-refractivity contribution in [1.29, 1.82) is 0 Å². The van der Waals surface area contributed by atoms with Crippen LogP contribution in [-0.2, 0) is 0 Å². The standard InChI is InChI=1S/C44H27N5O/c1-2-11-28(12-3-1)31-13-8-14-32(27-31)43-46-42(47-44(48-43)49-37-19-6-4-15-34(37)35-16-5-7-20-38(35)49)30-24-22-29(23-25-30)33-17-9-18-36-40-39(50-41(33)36)21-10-26-45-40/h1-27H. The Labute approximate surface area is 287 Å². The lowest BCUT2D eigenvalue weighted by molar-refractivity contribution is 0.669. The SMILES string of the molecule is c1ccc(-c2cccc(-c3nc(-c4ccc(-c5cccc6c5oc5cccnc56)cc4)nc(-n4c5ccccc5c5ccccc54)n3)c2)cc1. The van der Waals surface area contributed by atoms with Gasteiger partial charge in [0.25, 0.3) is 0 Å². The van der Waals surface area contributed by atoms with Crippen molar-refractivity contribution in [2.75, 3.05) is 0 Å². The first kappa shape index (κ1) is 28.1. The van der Waals surface area contributed by atoms with E-state index in [1.165, 1.54) is 0 Å². The number of rotatable bonds is 5. The van der Waals surface area contributed by atoms with Crippen molar-refractivity contribution in [3.63, 3.8) is 0 Å². The van der Waals surface area contributed by atoms with Crippen LogP contribution in [0, 0.1) is 0 Å². The molecule has 0 unspecified atom stereocenters. The summed E-state index contributed by atoms with van der Waals surface area (Å²) in [6, 6.07) is 54.0. The van der Waals surface area contributed by atoms with Gasteiger partial charge in [-0.3, -0.25) is 9.55 Å². The van der Waals surface area contributed by atoms with E-state index in [1.807, 2.05) is 18.2 Å². The topological polar surface area (TPSA) is 69.6 Å². The van der Waals surface area contributed by atoms with Gasteiger partial charge >= 0.3 is 0 Å². The molecule has 0 amide bonds. The monoisotopic (exact) mass is 641 g/mol. The molecule has 0 atom stereocenters. The van der Waals surface area contributed by atoms with E-state index < -0.39 is 0 Å². The first-order chi connectivity index (χ1) is 24.8. The second-order valence-corrected chi connectivity index (χ2v) is 12.3. The van der Waals surface area contributed by atoms with Crippen LogP contribution in [0.5, 0.6) is 0 Å². The minimum absolute atomic E-state index is 0.566. The van der Waals surface area contributed by atoms with Gasteiger partial charge in [0, 0.05) is 39.0 Å². The van der Waals surface area contributed by atoms with E-state index in [9.17, 15) is 0 Å². The number of fused-ring (bicyclic) bond motifs is 6. The van der Waals surface area contributed by atoms with Crippen LogP contribution in [0.4, 0.5) is 0 Å². The third-order valence-electron chi connectivity index (χ3n) is 9.34. The van der Waals surface area contributed by atoms with E-state index in [1.54, 1.807) is 6.20 Å². The van der Waals surface area contributed by atoms with Crippen LogP contribution in [0.2, 0.25) is 0 Å². The molecule has 0 saturated heterocycles. The fraction of sp³-hybridized carbons (Fsp3) is 0. The molecule has 4 aromatic heterocycles. The molecule has 0 radical (unpaired) electrons. The highest BCUT2D eigenvalue weighted by atomic mass is 16.3. The maximum atomic E-state index is 6.29. The van der Waals surface area contributed by atoms with Gasteiger partial charge in [-0.2, -0.15) is 9.97 Å². The van der Waals surface area contributed by atoms with E-state index in [0.29, 0.717) is 17.6 Å². The van der Waals surface area contributed by atoms with Crippen molar-refractivity contribution in [3.05, 3.63) is 164 Å². The summed E-state index contributed by atoms with van der Waals surface area (Å²) in [7, 11) is 0. The van der Waals surface area contributed by atoms with Gasteiger partial charge in [-0.05, 0) is 53.1 Å². The molecule has 6 aromatic carbocycles. The van der Waals surface area contributed by atoms with Gasteiger partial charge in [-0.25, -0.2) is 4.98 Å². The predicted octanol–water partition coefficient (Wildman–Crippen LogP) is 10.9. The molecular weight excluding hydrogens is 615 g/mol. The Morgan fingerprint density at radius 2 is 1.06 bits per heavy atom. The molecule has 50 heavy (non-hydrogen) atoms. The average molecular weight is 642 g/mol. The summed E-state index contributed by atoms with van der Waals surface area (Å²) in [4.78, 5) is 20.0. The largest absolute Gasteiger partial charge is 0.454 e. The zero-order valence-electron chi connectivity index (χ0n) is 26.7. The minimum atomic E-state index is 0.566. The second-order valence-electron chi connectivity index (χ2n) is 12.3. The Morgan fingerprint density at radius 1 is 0.440 bits per heavy atom. The van der Waals surface area contributed by atoms with Crippen molar-refractivity contribution < 1.29 is 4.42 Å². The summed E-state index contributed by atoms with van der Waals surface area (Å²) in [5.41, 5.74) is 10.6. The molecule has 4 heterocycles. The minimum Gasteiger partial charge on any atom is -0.454 e. The van der Waals surface area contributed by atoms with Crippen molar-refractivity contribution in [2.45, 2.75) is 0 Å². The van der Waals surface area contributed by atoms with Gasteiger partial charge in [-0.1, -0.05) is 121 Å². The number of hydrogen-bond acceptors (Lipinski definition) is 5. The molecular formula is C44H27N5O. The molecule has 0 aliphatic carbocycles. The van der Waals surface area contributed by atoms with Gasteiger partial charge in [-0.15, -0.1) is 0 Å². The molecule has 234 valence electrons. The number of hydrogen-bond donors (Lipinski definition) is 0. The Morgan fingerprint density at radius 3 is 1.84 bits per heavy atom. The molecule has 10 aromatic rings. The molecule has 0 spiro atoms. The molecule has 0 bridgehead atoms. The summed E-state index contributed by atoms with van der Waals surface area (Å²) < 4.78 is 8.43. The number of furan rings is 1. The highest BCUT2D eigenvalue weighted by molar-refractivity contribution is 6.09. The maximum Gasteiger partial charge on any atom is 0.238 e. The van der Waals surface area contributed by atoms with E-state index in [0.717, 1.165) is 77.3 Å². The van der Waals surface area contributed by atoms with E-state index in [-0.39, 0.29) is 0 Å². The third-order valence-corrected chi connectivity index (χ3v) is 9.34. The van der Waals surface area contributed by atoms with Crippen LogP contribution in [0.1, 0.15) is 0 Å². The van der Waals surface area contributed by atoms with E-state index in [2.05, 4.69) is 149 Å². The van der Waals surface area contributed by atoms with Gasteiger partial charge < -0.3 is 4.42 Å². The molecule has 0 aliphatic rings. The summed E-state index contributed by atoms with van der Waals surface area (Å²) in [6.07, 6.45) is 1.80. The summed E-state index contributed by atoms with van der Waals surface area (Å²) >= 11 is 0. The van der Waals surface area contributed by atoms with Crippen molar-refractivity contribution in [1.82, 2.24) is 24.5 Å². The van der Waals surface area contributed by atoms with E-state index in [4.69, 9.17) is 19.4 Å². The smallest absolute Gasteiger partial charge is 0.238 e. The van der Waals surface area contributed by atoms with Gasteiger partial charge in [0.05, 0.1) is 11.0 Å².